The zero-order valence-corrected chi connectivity index (χ0v) is 22.2. The summed E-state index contributed by atoms with van der Waals surface area (Å²) < 4.78 is 7.92. The van der Waals surface area contributed by atoms with Gasteiger partial charge in [0.2, 0.25) is 0 Å². The molecule has 6 aromatic rings. The van der Waals surface area contributed by atoms with E-state index in [2.05, 4.69) is 128 Å². The molecule has 0 aliphatic carbocycles. The predicted octanol–water partition coefficient (Wildman–Crippen LogP) is 8.76. The Morgan fingerprint density at radius 1 is 0.750 bits per heavy atom. The number of aromatic nitrogens is 2. The van der Waals surface area contributed by atoms with Crippen molar-refractivity contribution in [3.8, 4) is 17.1 Å². The Hall–Kier alpha value is -3.43. The van der Waals surface area contributed by atoms with Crippen molar-refractivity contribution in [2.45, 2.75) is 51.5 Å². The molecule has 0 bridgehead atoms. The van der Waals surface area contributed by atoms with Crippen LogP contribution in [0.5, 0.6) is 0 Å². The monoisotopic (exact) mass is 487 g/mol. The van der Waals surface area contributed by atoms with E-state index in [-0.39, 0.29) is 11.0 Å². The summed E-state index contributed by atoms with van der Waals surface area (Å²) in [5.74, 6) is 1.30. The highest BCUT2D eigenvalue weighted by molar-refractivity contribution is 7.25. The first-order chi connectivity index (χ1) is 17.5. The van der Waals surface area contributed by atoms with Gasteiger partial charge in [-0.05, 0) is 61.7 Å². The Morgan fingerprint density at radius 2 is 1.47 bits per heavy atom. The van der Waals surface area contributed by atoms with Crippen LogP contribution in [0.3, 0.4) is 0 Å². The number of thiophene rings is 1. The summed E-state index contributed by atoms with van der Waals surface area (Å²) in [5, 5.41) is 2.69. The Bertz CT molecular complexity index is 1810. The topological polar surface area (TPSA) is 8.81 Å². The summed E-state index contributed by atoms with van der Waals surface area (Å²) in [6.45, 7) is 9.67. The minimum absolute atomic E-state index is 0.0199. The molecule has 0 amide bonds. The molecule has 0 N–H and O–H groups in total. The number of imidazole rings is 1. The summed E-state index contributed by atoms with van der Waals surface area (Å²) in [7, 11) is 0. The van der Waals surface area contributed by atoms with E-state index in [1.165, 1.54) is 53.8 Å². The van der Waals surface area contributed by atoms with Crippen LogP contribution in [0.15, 0.2) is 91.0 Å². The lowest BCUT2D eigenvalue weighted by atomic mass is 9.61. The average molecular weight is 488 g/mol. The van der Waals surface area contributed by atoms with Crippen LogP contribution in [0.4, 0.5) is 0 Å². The standard InChI is InChI=1S/C33H31N2S/c1-5-32(3)24-16-9-7-14-22(24)31-34(25-17-10-11-18-26(25)35(31)33(32,4)6-2)27-19-13-21-29-30(27)23-15-8-12-20-28(23)36-29/h7-21H,5-6H2,1-4H3/q+1. The fraction of sp³-hybridized carbons (Fsp3) is 0.242. The molecule has 2 aromatic heterocycles. The molecule has 2 atom stereocenters. The molecule has 4 aromatic carbocycles. The lowest BCUT2D eigenvalue weighted by Gasteiger charge is -2.47. The molecule has 1 aliphatic heterocycles. The van der Waals surface area contributed by atoms with Crippen molar-refractivity contribution in [1.29, 1.82) is 0 Å². The maximum absolute atomic E-state index is 2.68. The number of nitrogens with zero attached hydrogens (tertiary/aromatic N) is 2. The number of rotatable bonds is 3. The van der Waals surface area contributed by atoms with Gasteiger partial charge >= 0.3 is 0 Å². The summed E-state index contributed by atoms with van der Waals surface area (Å²) >= 11 is 1.89. The summed E-state index contributed by atoms with van der Waals surface area (Å²) in [5.41, 5.74) is 6.60. The average Bonchev–Trinajstić information content (AvgIpc) is 3.48. The third-order valence-corrected chi connectivity index (χ3v) is 10.4. The molecule has 3 heteroatoms. The second kappa shape index (κ2) is 7.54. The van der Waals surface area contributed by atoms with E-state index in [0.29, 0.717) is 0 Å². The molecular weight excluding hydrogens is 456 g/mol. The van der Waals surface area contributed by atoms with Crippen molar-refractivity contribution in [3.05, 3.63) is 96.6 Å². The zero-order valence-electron chi connectivity index (χ0n) is 21.4. The van der Waals surface area contributed by atoms with Gasteiger partial charge < -0.3 is 0 Å². The van der Waals surface area contributed by atoms with E-state index in [1.54, 1.807) is 0 Å². The molecule has 2 nitrogen and oxygen atoms in total. The maximum atomic E-state index is 2.68. The van der Waals surface area contributed by atoms with Crippen LogP contribution in [0, 0.1) is 0 Å². The van der Waals surface area contributed by atoms with Gasteiger partial charge in [-0.3, -0.25) is 0 Å². The van der Waals surface area contributed by atoms with Crippen molar-refractivity contribution in [1.82, 2.24) is 4.57 Å². The first-order valence-corrected chi connectivity index (χ1v) is 13.9. The van der Waals surface area contributed by atoms with Crippen molar-refractivity contribution < 1.29 is 4.57 Å². The minimum atomic E-state index is -0.0686. The Kier molecular flexibility index (Phi) is 4.57. The van der Waals surface area contributed by atoms with Gasteiger partial charge in [0.1, 0.15) is 11.2 Å². The Balaban J connectivity index is 1.72. The maximum Gasteiger partial charge on any atom is 0.295 e. The first kappa shape index (κ1) is 21.8. The van der Waals surface area contributed by atoms with E-state index in [0.717, 1.165) is 12.8 Å². The van der Waals surface area contributed by atoms with Gasteiger partial charge in [-0.25, -0.2) is 4.57 Å². The number of fused-ring (bicyclic) bond motifs is 8. The third kappa shape index (κ3) is 2.54. The van der Waals surface area contributed by atoms with Gasteiger partial charge in [0.05, 0.1) is 5.56 Å². The largest absolute Gasteiger partial charge is 0.295 e. The van der Waals surface area contributed by atoms with Gasteiger partial charge in [-0.1, -0.05) is 75.4 Å². The van der Waals surface area contributed by atoms with E-state index in [4.69, 9.17) is 0 Å². The molecule has 1 aliphatic rings. The van der Waals surface area contributed by atoms with Crippen molar-refractivity contribution in [3.63, 3.8) is 0 Å². The van der Waals surface area contributed by atoms with E-state index in [1.807, 2.05) is 11.3 Å². The quantitative estimate of drug-likeness (QED) is 0.221. The number of hydrogen-bond donors (Lipinski definition) is 0. The SMILES string of the molecule is CCC1(C)c2ccccc2-c2n(-c3cccc4sc5ccccc5c34)c3ccccc3[n+]2C1(C)CC. The van der Waals surface area contributed by atoms with Crippen molar-refractivity contribution in [2.75, 3.05) is 0 Å². The smallest absolute Gasteiger partial charge is 0.216 e. The lowest BCUT2D eigenvalue weighted by Crippen LogP contribution is -2.67. The predicted molar refractivity (Wildman–Crippen MR) is 153 cm³/mol. The van der Waals surface area contributed by atoms with Gasteiger partial charge in [0.15, 0.2) is 11.0 Å². The van der Waals surface area contributed by atoms with Crippen LogP contribution in [0.1, 0.15) is 46.1 Å². The molecule has 7 rings (SSSR count). The minimum Gasteiger partial charge on any atom is -0.216 e. The second-order valence-corrected chi connectivity index (χ2v) is 11.7. The van der Waals surface area contributed by atoms with Crippen LogP contribution in [-0.2, 0) is 11.0 Å². The van der Waals surface area contributed by atoms with Crippen molar-refractivity contribution >= 4 is 42.5 Å². The summed E-state index contributed by atoms with van der Waals surface area (Å²) in [6, 6.07) is 33.8. The Labute approximate surface area is 216 Å². The molecule has 0 saturated heterocycles. The first-order valence-electron chi connectivity index (χ1n) is 13.1. The van der Waals surface area contributed by atoms with Crippen LogP contribution in [-0.4, -0.2) is 4.57 Å². The molecular formula is C33H31N2S+. The fourth-order valence-electron chi connectivity index (χ4n) is 6.91. The van der Waals surface area contributed by atoms with Gasteiger partial charge in [0.25, 0.3) is 5.82 Å². The highest BCUT2D eigenvalue weighted by atomic mass is 32.1. The van der Waals surface area contributed by atoms with Gasteiger partial charge in [-0.2, -0.15) is 4.57 Å². The summed E-state index contributed by atoms with van der Waals surface area (Å²) in [6.07, 6.45) is 2.15. The van der Waals surface area contributed by atoms with E-state index < -0.39 is 0 Å². The number of benzene rings is 4. The highest BCUT2D eigenvalue weighted by Gasteiger charge is 2.56. The normalized spacial score (nSPS) is 21.2. The highest BCUT2D eigenvalue weighted by Crippen LogP contribution is 2.51. The number of hydrogen-bond acceptors (Lipinski definition) is 1. The molecule has 0 fully saturated rings. The summed E-state index contributed by atoms with van der Waals surface area (Å²) in [4.78, 5) is 0. The van der Waals surface area contributed by atoms with Crippen LogP contribution < -0.4 is 4.57 Å². The Morgan fingerprint density at radius 3 is 2.31 bits per heavy atom. The third-order valence-electron chi connectivity index (χ3n) is 9.25. The molecule has 2 unspecified atom stereocenters. The van der Waals surface area contributed by atoms with Crippen LogP contribution in [0.2, 0.25) is 0 Å². The van der Waals surface area contributed by atoms with E-state index in [9.17, 15) is 0 Å². The van der Waals surface area contributed by atoms with Crippen LogP contribution in [0.25, 0.3) is 48.3 Å². The van der Waals surface area contributed by atoms with Gasteiger partial charge in [-0.15, -0.1) is 11.3 Å². The zero-order chi connectivity index (χ0) is 24.7. The molecule has 0 spiro atoms. The molecule has 36 heavy (non-hydrogen) atoms. The number of para-hydroxylation sites is 2. The van der Waals surface area contributed by atoms with Crippen molar-refractivity contribution in [2.24, 2.45) is 0 Å². The molecule has 178 valence electrons. The van der Waals surface area contributed by atoms with Crippen LogP contribution >= 0.6 is 11.3 Å². The van der Waals surface area contributed by atoms with Gasteiger partial charge in [0, 0.05) is 25.6 Å². The van der Waals surface area contributed by atoms with E-state index >= 15 is 0 Å². The second-order valence-electron chi connectivity index (χ2n) is 10.6. The fourth-order valence-corrected chi connectivity index (χ4v) is 8.04. The molecule has 0 radical (unpaired) electrons. The lowest BCUT2D eigenvalue weighted by molar-refractivity contribution is -0.743. The molecule has 3 heterocycles. The molecule has 0 saturated carbocycles.